The van der Waals surface area contributed by atoms with Crippen LogP contribution in [0.3, 0.4) is 0 Å². The van der Waals surface area contributed by atoms with Crippen molar-refractivity contribution in [3.63, 3.8) is 0 Å². The highest BCUT2D eigenvalue weighted by Crippen LogP contribution is 2.13. The Kier molecular flexibility index (Phi) is 1.95. The fraction of sp³-hybridized carbons (Fsp3) is 0. The van der Waals surface area contributed by atoms with E-state index in [9.17, 15) is 15.3 Å². The molecule has 0 saturated heterocycles. The number of hydrogen-bond acceptors (Lipinski definition) is 5. The Hall–Kier alpha value is -2.05. The molecule has 0 aliphatic rings. The van der Waals surface area contributed by atoms with E-state index in [4.69, 9.17) is 5.21 Å². The predicted molar refractivity (Wildman–Crippen MR) is 35.9 cm³/mol. The maximum absolute atomic E-state index is 10.0. The van der Waals surface area contributed by atoms with Gasteiger partial charge in [-0.05, 0) is 6.07 Å². The minimum Gasteiger partial charge on any atom is -0.417 e. The first kappa shape index (κ1) is 8.05. The van der Waals surface area contributed by atoms with Crippen LogP contribution in [-0.4, -0.2) is 21.2 Å². The summed E-state index contributed by atoms with van der Waals surface area (Å²) in [7, 11) is 0. The summed E-state index contributed by atoms with van der Waals surface area (Å²) in [6, 6.07) is 2.27. The van der Waals surface area contributed by atoms with Crippen LogP contribution >= 0.6 is 0 Å². The van der Waals surface area contributed by atoms with Gasteiger partial charge >= 0.3 is 5.88 Å². The molecule has 0 fully saturated rings. The Labute approximate surface area is 65.8 Å². The first-order chi connectivity index (χ1) is 5.59. The quantitative estimate of drug-likeness (QED) is 0.230. The SMILES string of the molecule is O=[N+]([O-])c1ccc(C=[N+]([O-])O)o1. The summed E-state index contributed by atoms with van der Waals surface area (Å²) in [5.74, 6) is -0.567. The summed E-state index contributed by atoms with van der Waals surface area (Å²) >= 11 is 0. The number of nitro groups is 1. The highest BCUT2D eigenvalue weighted by atomic mass is 16.8. The summed E-state index contributed by atoms with van der Waals surface area (Å²) in [4.78, 5) is 8.80. The van der Waals surface area contributed by atoms with Crippen molar-refractivity contribution in [3.05, 3.63) is 33.2 Å². The zero-order chi connectivity index (χ0) is 9.14. The van der Waals surface area contributed by atoms with E-state index in [1.54, 1.807) is 0 Å². The number of nitrogens with zero attached hydrogens (tertiary/aromatic N) is 2. The molecule has 1 N–H and O–H groups in total. The molecule has 0 aliphatic carbocycles. The minimum atomic E-state index is -0.746. The van der Waals surface area contributed by atoms with Crippen molar-refractivity contribution >= 4 is 12.1 Å². The highest BCUT2D eigenvalue weighted by Gasteiger charge is 2.12. The van der Waals surface area contributed by atoms with Crippen LogP contribution in [0.1, 0.15) is 5.76 Å². The molecule has 0 spiro atoms. The minimum absolute atomic E-state index is 0.0841. The molecule has 0 unspecified atom stereocenters. The second-order valence-electron chi connectivity index (χ2n) is 1.86. The van der Waals surface area contributed by atoms with Crippen LogP contribution in [-0.2, 0) is 0 Å². The van der Waals surface area contributed by atoms with Crippen molar-refractivity contribution in [3.8, 4) is 0 Å². The maximum Gasteiger partial charge on any atom is 0.433 e. The van der Waals surface area contributed by atoms with E-state index in [1.807, 2.05) is 0 Å². The molecule has 1 rings (SSSR count). The van der Waals surface area contributed by atoms with Crippen LogP contribution in [0.25, 0.3) is 0 Å². The van der Waals surface area contributed by atoms with Crippen molar-refractivity contribution in [2.45, 2.75) is 0 Å². The van der Waals surface area contributed by atoms with Gasteiger partial charge in [0.25, 0.3) is 6.21 Å². The van der Waals surface area contributed by atoms with Crippen LogP contribution in [0.4, 0.5) is 5.88 Å². The third kappa shape index (κ3) is 1.72. The lowest BCUT2D eigenvalue weighted by molar-refractivity contribution is -0.722. The molecule has 1 aromatic heterocycles. The van der Waals surface area contributed by atoms with E-state index >= 15 is 0 Å². The van der Waals surface area contributed by atoms with Crippen LogP contribution in [0, 0.1) is 15.3 Å². The van der Waals surface area contributed by atoms with Gasteiger partial charge in [-0.25, -0.2) is 0 Å². The third-order valence-electron chi connectivity index (χ3n) is 1.03. The Morgan fingerprint density at radius 1 is 1.50 bits per heavy atom. The smallest absolute Gasteiger partial charge is 0.417 e. The van der Waals surface area contributed by atoms with Crippen molar-refractivity contribution in [2.24, 2.45) is 0 Å². The second-order valence-corrected chi connectivity index (χ2v) is 1.86. The molecule has 0 bridgehead atoms. The molecule has 0 radical (unpaired) electrons. The lowest BCUT2D eigenvalue weighted by atomic mass is 10.5. The van der Waals surface area contributed by atoms with Crippen molar-refractivity contribution in [1.82, 2.24) is 0 Å². The first-order valence-electron chi connectivity index (χ1n) is 2.84. The van der Waals surface area contributed by atoms with Crippen molar-refractivity contribution in [2.75, 3.05) is 0 Å². The molecule has 0 aromatic carbocycles. The van der Waals surface area contributed by atoms with E-state index in [0.29, 0.717) is 6.21 Å². The molecule has 1 heterocycles. The molecule has 12 heavy (non-hydrogen) atoms. The van der Waals surface area contributed by atoms with Gasteiger partial charge in [-0.3, -0.25) is 15.3 Å². The monoisotopic (exact) mass is 172 g/mol. The zero-order valence-electron chi connectivity index (χ0n) is 5.71. The molecule has 0 saturated carbocycles. The lowest BCUT2D eigenvalue weighted by Gasteiger charge is -1.82. The van der Waals surface area contributed by atoms with Gasteiger partial charge in [-0.2, -0.15) is 0 Å². The highest BCUT2D eigenvalue weighted by molar-refractivity contribution is 5.71. The predicted octanol–water partition coefficient (Wildman–Crippen LogP) is 0.506. The van der Waals surface area contributed by atoms with Crippen molar-refractivity contribution in [1.29, 1.82) is 0 Å². The zero-order valence-corrected chi connectivity index (χ0v) is 5.71. The van der Waals surface area contributed by atoms with Gasteiger partial charge < -0.3 is 9.62 Å². The standard InChI is InChI=1S/C5H4N2O5/c8-6(9)3-4-1-2-5(12-4)7(10)11/h1-3H,(H,8,9). The molecule has 0 atom stereocenters. The topological polar surface area (TPSA) is 103 Å². The first-order valence-corrected chi connectivity index (χ1v) is 2.84. The van der Waals surface area contributed by atoms with E-state index in [2.05, 4.69) is 4.42 Å². The van der Waals surface area contributed by atoms with Gasteiger partial charge in [-0.1, -0.05) is 0 Å². The van der Waals surface area contributed by atoms with E-state index in [-0.39, 0.29) is 5.76 Å². The average molecular weight is 172 g/mol. The van der Waals surface area contributed by atoms with Crippen LogP contribution in [0.5, 0.6) is 0 Å². The number of hydrogen-bond donors (Lipinski definition) is 1. The molecule has 0 amide bonds. The molecule has 64 valence electrons. The Bertz CT molecular complexity index is 324. The molecular weight excluding hydrogens is 168 g/mol. The maximum atomic E-state index is 10.0. The van der Waals surface area contributed by atoms with Crippen LogP contribution in [0.2, 0.25) is 0 Å². The van der Waals surface area contributed by atoms with Crippen molar-refractivity contribution < 1.29 is 19.4 Å². The summed E-state index contributed by atoms with van der Waals surface area (Å²) in [5, 5.41) is 28.2. The average Bonchev–Trinajstić information content (AvgIpc) is 2.34. The molecular formula is C5H4N2O5. The summed E-state index contributed by atoms with van der Waals surface area (Å²) in [5.41, 5.74) is 0. The van der Waals surface area contributed by atoms with Crippen LogP contribution in [0.15, 0.2) is 16.5 Å². The normalized spacial score (nSPS) is 11.5. The molecule has 1 aromatic rings. The molecule has 7 nitrogen and oxygen atoms in total. The summed E-state index contributed by atoms with van der Waals surface area (Å²) in [6.45, 7) is 0. The summed E-state index contributed by atoms with van der Waals surface area (Å²) in [6.07, 6.45) is 0.660. The van der Waals surface area contributed by atoms with Gasteiger partial charge in [0.1, 0.15) is 4.92 Å². The van der Waals surface area contributed by atoms with E-state index < -0.39 is 15.7 Å². The second kappa shape index (κ2) is 2.91. The summed E-state index contributed by atoms with van der Waals surface area (Å²) < 4.78 is 4.50. The van der Waals surface area contributed by atoms with Gasteiger partial charge in [-0.15, -0.1) is 0 Å². The number of furan rings is 1. The molecule has 7 heteroatoms. The van der Waals surface area contributed by atoms with E-state index in [0.717, 1.165) is 6.07 Å². The van der Waals surface area contributed by atoms with Gasteiger partial charge in [0, 0.05) is 4.90 Å². The fourth-order valence-corrected chi connectivity index (χ4v) is 0.619. The van der Waals surface area contributed by atoms with Crippen LogP contribution < -0.4 is 0 Å². The Balaban J connectivity index is 2.92. The lowest BCUT2D eigenvalue weighted by Crippen LogP contribution is -1.96. The Morgan fingerprint density at radius 2 is 2.17 bits per heavy atom. The Morgan fingerprint density at radius 3 is 2.58 bits per heavy atom. The van der Waals surface area contributed by atoms with E-state index in [1.165, 1.54) is 6.07 Å². The van der Waals surface area contributed by atoms with Gasteiger partial charge in [0.15, 0.2) is 0 Å². The van der Waals surface area contributed by atoms with Gasteiger partial charge in [0.05, 0.1) is 6.07 Å². The molecule has 0 aliphatic heterocycles. The largest absolute Gasteiger partial charge is 0.433 e. The third-order valence-corrected chi connectivity index (χ3v) is 1.03. The van der Waals surface area contributed by atoms with Gasteiger partial charge in [0.2, 0.25) is 5.76 Å². The number of rotatable bonds is 2. The fourth-order valence-electron chi connectivity index (χ4n) is 0.619.